The molecule has 0 heterocycles. The third kappa shape index (κ3) is 7.59. The van der Waals surface area contributed by atoms with Crippen LogP contribution in [0.5, 0.6) is 23.0 Å². The van der Waals surface area contributed by atoms with Gasteiger partial charge in [0.05, 0.1) is 27.4 Å². The molecular weight excluding hydrogens is 394 g/mol. The Kier molecular flexibility index (Phi) is 10.3. The fraction of sp³-hybridized carbons (Fsp3) is 0.458. The van der Waals surface area contributed by atoms with Gasteiger partial charge in [-0.2, -0.15) is 0 Å². The van der Waals surface area contributed by atoms with Crippen molar-refractivity contribution in [3.05, 3.63) is 47.5 Å². The summed E-state index contributed by atoms with van der Waals surface area (Å²) in [6.45, 7) is 6.58. The van der Waals surface area contributed by atoms with Gasteiger partial charge in [0.2, 0.25) is 0 Å². The van der Waals surface area contributed by atoms with Gasteiger partial charge in [-0.05, 0) is 62.1 Å². The molecule has 0 fully saturated rings. The number of nitrogens with one attached hydrogen (secondary N) is 2. The monoisotopic (exact) mass is 429 g/mol. The number of hydrogen-bond donors (Lipinski definition) is 2. The van der Waals surface area contributed by atoms with Crippen molar-refractivity contribution in [3.63, 3.8) is 0 Å². The van der Waals surface area contributed by atoms with Crippen LogP contribution in [0.3, 0.4) is 0 Å². The number of methoxy groups -OCH3 is 2. The van der Waals surface area contributed by atoms with Crippen LogP contribution >= 0.6 is 0 Å². The zero-order valence-electron chi connectivity index (χ0n) is 19.3. The van der Waals surface area contributed by atoms with Gasteiger partial charge in [-0.15, -0.1) is 0 Å². The SMILES string of the molecule is CCOc1cc(CCCNC(=NC)NCc2ccc(OC)c(OCC)c2)ccc1OC. The second-order valence-electron chi connectivity index (χ2n) is 6.79. The molecule has 2 N–H and O–H groups in total. The van der Waals surface area contributed by atoms with Crippen LogP contribution in [-0.4, -0.2) is 47.0 Å². The number of rotatable bonds is 12. The van der Waals surface area contributed by atoms with E-state index in [9.17, 15) is 0 Å². The number of aliphatic imine (C=N–C) groups is 1. The van der Waals surface area contributed by atoms with Crippen LogP contribution in [0.25, 0.3) is 0 Å². The summed E-state index contributed by atoms with van der Waals surface area (Å²) in [6.07, 6.45) is 1.90. The van der Waals surface area contributed by atoms with Crippen molar-refractivity contribution in [2.75, 3.05) is 41.0 Å². The highest BCUT2D eigenvalue weighted by atomic mass is 16.5. The Labute approximate surface area is 185 Å². The fourth-order valence-corrected chi connectivity index (χ4v) is 3.15. The maximum absolute atomic E-state index is 5.66. The predicted molar refractivity (Wildman–Crippen MR) is 125 cm³/mol. The predicted octanol–water partition coefficient (Wildman–Crippen LogP) is 3.80. The van der Waals surface area contributed by atoms with Crippen molar-refractivity contribution in [2.24, 2.45) is 4.99 Å². The maximum atomic E-state index is 5.66. The van der Waals surface area contributed by atoms with E-state index in [0.717, 1.165) is 53.9 Å². The van der Waals surface area contributed by atoms with Crippen LogP contribution < -0.4 is 29.6 Å². The minimum Gasteiger partial charge on any atom is -0.493 e. The number of ether oxygens (including phenoxy) is 4. The summed E-state index contributed by atoms with van der Waals surface area (Å²) in [7, 11) is 5.07. The smallest absolute Gasteiger partial charge is 0.191 e. The molecule has 31 heavy (non-hydrogen) atoms. The van der Waals surface area contributed by atoms with E-state index in [1.807, 2.05) is 38.1 Å². The van der Waals surface area contributed by atoms with E-state index in [2.05, 4.69) is 27.8 Å². The normalized spacial score (nSPS) is 11.1. The molecule has 2 rings (SSSR count). The Balaban J connectivity index is 1.81. The van der Waals surface area contributed by atoms with Crippen LogP contribution in [0.1, 0.15) is 31.4 Å². The summed E-state index contributed by atoms with van der Waals surface area (Å²) in [5, 5.41) is 6.70. The first-order chi connectivity index (χ1) is 15.1. The molecular formula is C24H35N3O4. The van der Waals surface area contributed by atoms with Gasteiger partial charge < -0.3 is 29.6 Å². The van der Waals surface area contributed by atoms with E-state index in [0.29, 0.717) is 19.8 Å². The van der Waals surface area contributed by atoms with E-state index in [1.54, 1.807) is 21.3 Å². The van der Waals surface area contributed by atoms with Gasteiger partial charge >= 0.3 is 0 Å². The highest BCUT2D eigenvalue weighted by Gasteiger charge is 2.07. The molecule has 0 radical (unpaired) electrons. The molecule has 7 nitrogen and oxygen atoms in total. The average Bonchev–Trinajstić information content (AvgIpc) is 2.79. The first-order valence-corrected chi connectivity index (χ1v) is 10.7. The number of hydrogen-bond acceptors (Lipinski definition) is 5. The first-order valence-electron chi connectivity index (χ1n) is 10.7. The van der Waals surface area contributed by atoms with Crippen molar-refractivity contribution >= 4 is 5.96 Å². The Bertz CT molecular complexity index is 840. The van der Waals surface area contributed by atoms with E-state index in [-0.39, 0.29) is 0 Å². The molecule has 0 saturated heterocycles. The van der Waals surface area contributed by atoms with Gasteiger partial charge in [-0.25, -0.2) is 0 Å². The van der Waals surface area contributed by atoms with Crippen molar-refractivity contribution in [1.29, 1.82) is 0 Å². The van der Waals surface area contributed by atoms with Crippen LogP contribution in [0.15, 0.2) is 41.4 Å². The third-order valence-corrected chi connectivity index (χ3v) is 4.67. The molecule has 2 aromatic rings. The molecule has 0 aromatic heterocycles. The van der Waals surface area contributed by atoms with E-state index in [4.69, 9.17) is 18.9 Å². The van der Waals surface area contributed by atoms with Gasteiger partial charge in [-0.3, -0.25) is 4.99 Å². The van der Waals surface area contributed by atoms with Crippen LogP contribution in [-0.2, 0) is 13.0 Å². The molecule has 0 aliphatic rings. The number of aryl methyl sites for hydroxylation is 1. The Hall–Kier alpha value is -3.09. The van der Waals surface area contributed by atoms with Gasteiger partial charge in [0.25, 0.3) is 0 Å². The van der Waals surface area contributed by atoms with Gasteiger partial charge in [-0.1, -0.05) is 12.1 Å². The molecule has 0 saturated carbocycles. The Morgan fingerprint density at radius 2 is 1.39 bits per heavy atom. The van der Waals surface area contributed by atoms with Gasteiger partial charge in [0, 0.05) is 20.1 Å². The van der Waals surface area contributed by atoms with Crippen molar-refractivity contribution in [3.8, 4) is 23.0 Å². The summed E-state index contributed by atoms with van der Waals surface area (Å²) in [5.41, 5.74) is 2.31. The Morgan fingerprint density at radius 1 is 0.806 bits per heavy atom. The number of nitrogens with zero attached hydrogens (tertiary/aromatic N) is 1. The lowest BCUT2D eigenvalue weighted by Gasteiger charge is -2.14. The van der Waals surface area contributed by atoms with Crippen molar-refractivity contribution in [2.45, 2.75) is 33.2 Å². The molecule has 0 aliphatic carbocycles. The second-order valence-corrected chi connectivity index (χ2v) is 6.79. The third-order valence-electron chi connectivity index (χ3n) is 4.67. The minimum absolute atomic E-state index is 0.594. The highest BCUT2D eigenvalue weighted by Crippen LogP contribution is 2.29. The standard InChI is InChI=1S/C24H35N3O4/c1-6-30-22-15-18(10-12-20(22)28-4)9-8-14-26-24(25-3)27-17-19-11-13-21(29-5)23(16-19)31-7-2/h10-13,15-16H,6-9,14,17H2,1-5H3,(H2,25,26,27). The second kappa shape index (κ2) is 13.3. The zero-order chi connectivity index (χ0) is 22.5. The minimum atomic E-state index is 0.594. The zero-order valence-corrected chi connectivity index (χ0v) is 19.3. The van der Waals surface area contributed by atoms with Crippen molar-refractivity contribution in [1.82, 2.24) is 10.6 Å². The van der Waals surface area contributed by atoms with Gasteiger partial charge in [0.15, 0.2) is 29.0 Å². The number of guanidine groups is 1. The lowest BCUT2D eigenvalue weighted by molar-refractivity contribution is 0.310. The summed E-state index contributed by atoms with van der Waals surface area (Å²) in [5.74, 6) is 3.80. The Morgan fingerprint density at radius 3 is 1.94 bits per heavy atom. The lowest BCUT2D eigenvalue weighted by Crippen LogP contribution is -2.37. The van der Waals surface area contributed by atoms with Crippen LogP contribution in [0.4, 0.5) is 0 Å². The molecule has 7 heteroatoms. The summed E-state index contributed by atoms with van der Waals surface area (Å²) < 4.78 is 22.0. The first kappa shape index (κ1) is 24.2. The number of benzene rings is 2. The molecule has 170 valence electrons. The highest BCUT2D eigenvalue weighted by molar-refractivity contribution is 5.79. The summed E-state index contributed by atoms with van der Waals surface area (Å²) in [4.78, 5) is 4.30. The molecule has 0 amide bonds. The molecule has 0 unspecified atom stereocenters. The van der Waals surface area contributed by atoms with Crippen LogP contribution in [0, 0.1) is 0 Å². The average molecular weight is 430 g/mol. The van der Waals surface area contributed by atoms with Crippen molar-refractivity contribution < 1.29 is 18.9 Å². The molecule has 0 atom stereocenters. The quantitative estimate of drug-likeness (QED) is 0.304. The largest absolute Gasteiger partial charge is 0.493 e. The lowest BCUT2D eigenvalue weighted by atomic mass is 10.1. The van der Waals surface area contributed by atoms with Gasteiger partial charge in [0.1, 0.15) is 0 Å². The summed E-state index contributed by atoms with van der Waals surface area (Å²) >= 11 is 0. The van der Waals surface area contributed by atoms with E-state index >= 15 is 0 Å². The summed E-state index contributed by atoms with van der Waals surface area (Å²) in [6, 6.07) is 12.0. The molecule has 0 bridgehead atoms. The van der Waals surface area contributed by atoms with E-state index in [1.165, 1.54) is 5.56 Å². The molecule has 0 aliphatic heterocycles. The topological polar surface area (TPSA) is 73.3 Å². The fourth-order valence-electron chi connectivity index (χ4n) is 3.15. The maximum Gasteiger partial charge on any atom is 0.191 e. The molecule has 2 aromatic carbocycles. The van der Waals surface area contributed by atoms with E-state index < -0.39 is 0 Å². The molecule has 0 spiro atoms. The van der Waals surface area contributed by atoms with Crippen LogP contribution in [0.2, 0.25) is 0 Å².